The molecule has 1 aromatic carbocycles. The summed E-state index contributed by atoms with van der Waals surface area (Å²) in [4.78, 5) is 14.9. The van der Waals surface area contributed by atoms with Gasteiger partial charge in [0.05, 0.1) is 12.7 Å². The summed E-state index contributed by atoms with van der Waals surface area (Å²) in [6, 6.07) is 8.64. The van der Waals surface area contributed by atoms with Gasteiger partial charge in [0, 0.05) is 36.6 Å². The predicted octanol–water partition coefficient (Wildman–Crippen LogP) is 3.94. The van der Waals surface area contributed by atoms with Crippen molar-refractivity contribution >= 4 is 17.5 Å². The lowest BCUT2D eigenvalue weighted by molar-refractivity contribution is -0.122. The number of carbonyl (C=O) groups is 1. The fourth-order valence-corrected chi connectivity index (χ4v) is 4.92. The van der Waals surface area contributed by atoms with E-state index in [1.807, 2.05) is 24.3 Å². The average molecular weight is 377 g/mol. The molecular formula is C21H29ClN2O2. The van der Waals surface area contributed by atoms with Crippen LogP contribution in [0, 0.1) is 5.92 Å². The minimum atomic E-state index is 0.0974. The second-order valence-corrected chi connectivity index (χ2v) is 8.63. The molecule has 142 valence electrons. The van der Waals surface area contributed by atoms with Gasteiger partial charge < -0.3 is 10.1 Å². The Kier molecular flexibility index (Phi) is 5.82. The van der Waals surface area contributed by atoms with Crippen molar-refractivity contribution in [3.05, 3.63) is 34.9 Å². The fourth-order valence-electron chi connectivity index (χ4n) is 4.80. The van der Waals surface area contributed by atoms with Gasteiger partial charge in [-0.15, -0.1) is 0 Å². The lowest BCUT2D eigenvalue weighted by atomic mass is 9.87. The topological polar surface area (TPSA) is 41.6 Å². The Labute approximate surface area is 161 Å². The third-order valence-corrected chi connectivity index (χ3v) is 6.48. The number of carbonyl (C=O) groups excluding carboxylic acids is 1. The lowest BCUT2D eigenvalue weighted by Gasteiger charge is -2.35. The number of nitrogens with zero attached hydrogens (tertiary/aromatic N) is 1. The van der Waals surface area contributed by atoms with Crippen LogP contribution in [0.15, 0.2) is 24.3 Å². The molecule has 1 N–H and O–H groups in total. The lowest BCUT2D eigenvalue weighted by Crippen LogP contribution is -2.43. The molecule has 1 aromatic rings. The van der Waals surface area contributed by atoms with Gasteiger partial charge in [-0.2, -0.15) is 0 Å². The van der Waals surface area contributed by atoms with E-state index in [1.54, 1.807) is 0 Å². The van der Waals surface area contributed by atoms with Gasteiger partial charge in [0.25, 0.3) is 0 Å². The SMILES string of the molecule is O=C(CC1CCCCC1)N[C@@H]1C[C@H]2CO[C@@H](c3ccc(Cl)cc3)CN2C1. The van der Waals surface area contributed by atoms with Gasteiger partial charge in [-0.05, 0) is 42.9 Å². The van der Waals surface area contributed by atoms with Crippen molar-refractivity contribution in [2.45, 2.75) is 63.1 Å². The highest BCUT2D eigenvalue weighted by Gasteiger charge is 2.38. The minimum absolute atomic E-state index is 0.0974. The van der Waals surface area contributed by atoms with Crippen LogP contribution in [0.25, 0.3) is 0 Å². The van der Waals surface area contributed by atoms with Crippen LogP contribution in [-0.2, 0) is 9.53 Å². The van der Waals surface area contributed by atoms with Crippen molar-refractivity contribution in [2.75, 3.05) is 19.7 Å². The number of nitrogens with one attached hydrogen (secondary N) is 1. The fraction of sp³-hybridized carbons (Fsp3) is 0.667. The van der Waals surface area contributed by atoms with Gasteiger partial charge in [-0.1, -0.05) is 43.0 Å². The zero-order valence-electron chi connectivity index (χ0n) is 15.3. The largest absolute Gasteiger partial charge is 0.371 e. The second-order valence-electron chi connectivity index (χ2n) is 8.19. The number of fused-ring (bicyclic) bond motifs is 1. The van der Waals surface area contributed by atoms with Crippen molar-refractivity contribution in [1.82, 2.24) is 10.2 Å². The van der Waals surface area contributed by atoms with Crippen LogP contribution in [0.1, 0.15) is 56.6 Å². The van der Waals surface area contributed by atoms with Crippen molar-refractivity contribution in [3.63, 3.8) is 0 Å². The summed E-state index contributed by atoms with van der Waals surface area (Å²) in [5.41, 5.74) is 1.18. The molecule has 1 amide bonds. The number of morpholine rings is 1. The number of ether oxygens (including phenoxy) is 1. The molecule has 0 radical (unpaired) electrons. The maximum atomic E-state index is 12.4. The molecule has 2 saturated heterocycles. The molecule has 3 aliphatic rings. The van der Waals surface area contributed by atoms with Gasteiger partial charge in [-0.3, -0.25) is 9.69 Å². The summed E-state index contributed by atoms with van der Waals surface area (Å²) >= 11 is 5.99. The van der Waals surface area contributed by atoms with E-state index in [0.717, 1.165) is 31.1 Å². The van der Waals surface area contributed by atoms with Crippen molar-refractivity contribution < 1.29 is 9.53 Å². The van der Waals surface area contributed by atoms with Gasteiger partial charge in [-0.25, -0.2) is 0 Å². The van der Waals surface area contributed by atoms with Crippen LogP contribution in [0.3, 0.4) is 0 Å². The summed E-state index contributed by atoms with van der Waals surface area (Å²) in [5.74, 6) is 0.849. The Balaban J connectivity index is 1.27. The molecule has 0 bridgehead atoms. The molecule has 0 aromatic heterocycles. The maximum Gasteiger partial charge on any atom is 0.220 e. The van der Waals surface area contributed by atoms with Crippen LogP contribution >= 0.6 is 11.6 Å². The molecule has 0 spiro atoms. The average Bonchev–Trinajstić information content (AvgIpc) is 3.04. The number of halogens is 1. The van der Waals surface area contributed by atoms with E-state index in [1.165, 1.54) is 37.7 Å². The highest BCUT2D eigenvalue weighted by atomic mass is 35.5. The monoisotopic (exact) mass is 376 g/mol. The predicted molar refractivity (Wildman–Crippen MR) is 103 cm³/mol. The van der Waals surface area contributed by atoms with Crippen molar-refractivity contribution in [1.29, 1.82) is 0 Å². The third kappa shape index (κ3) is 4.41. The van der Waals surface area contributed by atoms with E-state index >= 15 is 0 Å². The maximum absolute atomic E-state index is 12.4. The second kappa shape index (κ2) is 8.28. The molecule has 3 atom stereocenters. The standard InChI is InChI=1S/C21H29ClN2O2/c22-17-8-6-16(7-9-17)20-13-24-12-18(11-19(24)14-26-20)23-21(25)10-15-4-2-1-3-5-15/h6-9,15,18-20H,1-5,10-14H2,(H,23,25)/t18-,19+,20-/m1/s1. The first-order chi connectivity index (χ1) is 12.7. The molecule has 5 heteroatoms. The smallest absolute Gasteiger partial charge is 0.220 e. The first-order valence-electron chi connectivity index (χ1n) is 10.1. The summed E-state index contributed by atoms with van der Waals surface area (Å²) < 4.78 is 6.10. The molecule has 1 aliphatic carbocycles. The normalized spacial score (nSPS) is 30.1. The van der Waals surface area contributed by atoms with Crippen LogP contribution in [0.2, 0.25) is 5.02 Å². The Morgan fingerprint density at radius 1 is 1.15 bits per heavy atom. The first kappa shape index (κ1) is 18.3. The first-order valence-corrected chi connectivity index (χ1v) is 10.5. The van der Waals surface area contributed by atoms with Crippen molar-refractivity contribution in [2.24, 2.45) is 5.92 Å². The molecule has 3 fully saturated rings. The molecule has 0 unspecified atom stereocenters. The Morgan fingerprint density at radius 2 is 1.92 bits per heavy atom. The van der Waals surface area contributed by atoms with E-state index in [0.29, 0.717) is 18.4 Å². The van der Waals surface area contributed by atoms with Crippen LogP contribution in [-0.4, -0.2) is 42.6 Å². The molecule has 1 saturated carbocycles. The molecule has 2 aliphatic heterocycles. The Morgan fingerprint density at radius 3 is 2.69 bits per heavy atom. The van der Waals surface area contributed by atoms with E-state index < -0.39 is 0 Å². The van der Waals surface area contributed by atoms with Crippen LogP contribution in [0.4, 0.5) is 0 Å². The van der Waals surface area contributed by atoms with Gasteiger partial charge in [0.15, 0.2) is 0 Å². The number of hydrogen-bond donors (Lipinski definition) is 1. The highest BCUT2D eigenvalue weighted by Crippen LogP contribution is 2.31. The van der Waals surface area contributed by atoms with Crippen LogP contribution < -0.4 is 5.32 Å². The summed E-state index contributed by atoms with van der Waals surface area (Å²) in [6.07, 6.45) is 8.19. The molecular weight excluding hydrogens is 348 g/mol. The van der Waals surface area contributed by atoms with E-state index in [2.05, 4.69) is 10.2 Å². The summed E-state index contributed by atoms with van der Waals surface area (Å²) in [7, 11) is 0. The quantitative estimate of drug-likeness (QED) is 0.865. The third-order valence-electron chi connectivity index (χ3n) is 6.22. The van der Waals surface area contributed by atoms with Gasteiger partial charge in [0.2, 0.25) is 5.91 Å². The summed E-state index contributed by atoms with van der Waals surface area (Å²) in [5, 5.41) is 4.05. The molecule has 4 rings (SSSR count). The van der Waals surface area contributed by atoms with Gasteiger partial charge >= 0.3 is 0 Å². The molecule has 2 heterocycles. The van der Waals surface area contributed by atoms with Crippen LogP contribution in [0.5, 0.6) is 0 Å². The minimum Gasteiger partial charge on any atom is -0.371 e. The van der Waals surface area contributed by atoms with Crippen molar-refractivity contribution in [3.8, 4) is 0 Å². The van der Waals surface area contributed by atoms with E-state index in [9.17, 15) is 4.79 Å². The van der Waals surface area contributed by atoms with E-state index in [-0.39, 0.29) is 18.1 Å². The van der Waals surface area contributed by atoms with Gasteiger partial charge in [0.1, 0.15) is 0 Å². The number of hydrogen-bond acceptors (Lipinski definition) is 3. The zero-order chi connectivity index (χ0) is 17.9. The number of amides is 1. The molecule has 26 heavy (non-hydrogen) atoms. The number of rotatable bonds is 4. The zero-order valence-corrected chi connectivity index (χ0v) is 16.1. The molecule has 4 nitrogen and oxygen atoms in total. The number of benzene rings is 1. The Hall–Kier alpha value is -1.10. The Bertz CT molecular complexity index is 615. The summed E-state index contributed by atoms with van der Waals surface area (Å²) in [6.45, 7) is 2.57. The highest BCUT2D eigenvalue weighted by molar-refractivity contribution is 6.30. The van der Waals surface area contributed by atoms with E-state index in [4.69, 9.17) is 16.3 Å².